The van der Waals surface area contributed by atoms with Crippen molar-refractivity contribution in [1.82, 2.24) is 10.2 Å². The lowest BCUT2D eigenvalue weighted by atomic mass is 9.97. The largest absolute Gasteiger partial charge is 0.491 e. The second-order valence-corrected chi connectivity index (χ2v) is 8.12. The SMILES string of the molecule is COC(=O)C1CCN(C[C@@H](O)COc2ccc(CNCCc3ccccc3)cc2)CC1. The minimum atomic E-state index is -0.561. The van der Waals surface area contributed by atoms with Gasteiger partial charge in [0.1, 0.15) is 18.5 Å². The Kier molecular flexibility index (Phi) is 9.34. The van der Waals surface area contributed by atoms with Gasteiger partial charge in [0.25, 0.3) is 0 Å². The number of esters is 1. The molecule has 0 amide bonds. The molecule has 6 heteroatoms. The second kappa shape index (κ2) is 12.4. The molecule has 2 aromatic carbocycles. The van der Waals surface area contributed by atoms with Gasteiger partial charge in [0.2, 0.25) is 0 Å². The van der Waals surface area contributed by atoms with Crippen molar-refractivity contribution in [1.29, 1.82) is 0 Å². The Bertz CT molecular complexity index is 774. The van der Waals surface area contributed by atoms with Crippen molar-refractivity contribution in [2.75, 3.05) is 39.9 Å². The van der Waals surface area contributed by atoms with Crippen molar-refractivity contribution >= 4 is 5.97 Å². The number of hydrogen-bond acceptors (Lipinski definition) is 6. The van der Waals surface area contributed by atoms with Crippen molar-refractivity contribution in [2.24, 2.45) is 5.92 Å². The predicted octanol–water partition coefficient (Wildman–Crippen LogP) is 2.64. The number of hydrogen-bond donors (Lipinski definition) is 2. The van der Waals surface area contributed by atoms with E-state index in [1.165, 1.54) is 18.2 Å². The Morgan fingerprint density at radius 2 is 1.81 bits per heavy atom. The van der Waals surface area contributed by atoms with Crippen molar-refractivity contribution in [3.63, 3.8) is 0 Å². The number of methoxy groups -OCH3 is 1. The molecule has 2 N–H and O–H groups in total. The first-order chi connectivity index (χ1) is 15.1. The van der Waals surface area contributed by atoms with Gasteiger partial charge < -0.3 is 24.8 Å². The molecule has 3 rings (SSSR count). The van der Waals surface area contributed by atoms with E-state index in [9.17, 15) is 9.90 Å². The first-order valence-corrected chi connectivity index (χ1v) is 11.1. The van der Waals surface area contributed by atoms with Crippen LogP contribution in [-0.2, 0) is 22.5 Å². The molecule has 168 valence electrons. The van der Waals surface area contributed by atoms with Gasteiger partial charge in [-0.15, -0.1) is 0 Å². The molecule has 0 aliphatic carbocycles. The number of piperidine rings is 1. The lowest BCUT2D eigenvalue weighted by Gasteiger charge is -2.31. The molecule has 0 aromatic heterocycles. The zero-order valence-corrected chi connectivity index (χ0v) is 18.3. The van der Waals surface area contributed by atoms with Crippen LogP contribution in [0.4, 0.5) is 0 Å². The predicted molar refractivity (Wildman–Crippen MR) is 121 cm³/mol. The number of nitrogens with zero attached hydrogens (tertiary/aromatic N) is 1. The van der Waals surface area contributed by atoms with Gasteiger partial charge >= 0.3 is 5.97 Å². The molecule has 6 nitrogen and oxygen atoms in total. The molecular formula is C25H34N2O4. The third-order valence-corrected chi connectivity index (χ3v) is 5.72. The Hall–Kier alpha value is -2.41. The average Bonchev–Trinajstić information content (AvgIpc) is 2.82. The van der Waals surface area contributed by atoms with Crippen molar-refractivity contribution in [3.05, 3.63) is 65.7 Å². The summed E-state index contributed by atoms with van der Waals surface area (Å²) in [7, 11) is 1.44. The normalized spacial score (nSPS) is 16.1. The first-order valence-electron chi connectivity index (χ1n) is 11.1. The number of rotatable bonds is 11. The summed E-state index contributed by atoms with van der Waals surface area (Å²) in [6, 6.07) is 18.5. The van der Waals surface area contributed by atoms with Crippen LogP contribution in [0, 0.1) is 5.92 Å². The van der Waals surface area contributed by atoms with Gasteiger partial charge in [-0.25, -0.2) is 0 Å². The fraction of sp³-hybridized carbons (Fsp3) is 0.480. The standard InChI is InChI=1S/C25H34N2O4/c1-30-25(29)22-12-15-27(16-13-22)18-23(28)19-31-24-9-7-21(8-10-24)17-26-14-11-20-5-3-2-4-6-20/h2-10,22-23,26,28H,11-19H2,1H3/t23-/m1/s1. The number of nitrogens with one attached hydrogen (secondary N) is 1. The number of aliphatic hydroxyl groups excluding tert-OH is 1. The fourth-order valence-corrected chi connectivity index (χ4v) is 3.87. The summed E-state index contributed by atoms with van der Waals surface area (Å²) < 4.78 is 10.6. The van der Waals surface area contributed by atoms with Crippen molar-refractivity contribution < 1.29 is 19.4 Å². The molecule has 31 heavy (non-hydrogen) atoms. The number of likely N-dealkylation sites (tertiary alicyclic amines) is 1. The molecule has 0 bridgehead atoms. The van der Waals surface area contributed by atoms with Gasteiger partial charge in [-0.3, -0.25) is 4.79 Å². The summed E-state index contributed by atoms with van der Waals surface area (Å²) in [6.45, 7) is 4.15. The van der Waals surface area contributed by atoms with E-state index in [4.69, 9.17) is 9.47 Å². The highest BCUT2D eigenvalue weighted by Crippen LogP contribution is 2.19. The molecular weight excluding hydrogens is 392 g/mol. The van der Waals surface area contributed by atoms with Crippen LogP contribution in [-0.4, -0.2) is 62.0 Å². The van der Waals surface area contributed by atoms with E-state index < -0.39 is 6.10 Å². The molecule has 1 fully saturated rings. The number of β-amino-alcohol motifs (C(OH)–C–C–N with tert-alkyl or cyclic N) is 1. The summed E-state index contributed by atoms with van der Waals surface area (Å²) >= 11 is 0. The van der Waals surface area contributed by atoms with E-state index >= 15 is 0 Å². The quantitative estimate of drug-likeness (QED) is 0.425. The smallest absolute Gasteiger partial charge is 0.308 e. The highest BCUT2D eigenvalue weighted by Gasteiger charge is 2.26. The maximum atomic E-state index is 11.6. The van der Waals surface area contributed by atoms with E-state index in [2.05, 4.69) is 46.6 Å². The summed E-state index contributed by atoms with van der Waals surface area (Å²) in [5.41, 5.74) is 2.54. The van der Waals surface area contributed by atoms with E-state index in [0.29, 0.717) is 6.54 Å². The van der Waals surface area contributed by atoms with Crippen LogP contribution < -0.4 is 10.1 Å². The van der Waals surface area contributed by atoms with E-state index in [1.54, 1.807) is 0 Å². The lowest BCUT2D eigenvalue weighted by molar-refractivity contribution is -0.147. The lowest BCUT2D eigenvalue weighted by Crippen LogP contribution is -2.42. The number of carbonyl (C=O) groups excluding carboxylic acids is 1. The summed E-state index contributed by atoms with van der Waals surface area (Å²) in [6.07, 6.45) is 2.01. The molecule has 1 heterocycles. The first kappa shape index (κ1) is 23.3. The second-order valence-electron chi connectivity index (χ2n) is 8.12. The maximum Gasteiger partial charge on any atom is 0.308 e. The monoisotopic (exact) mass is 426 g/mol. The van der Waals surface area contributed by atoms with Gasteiger partial charge in [0.15, 0.2) is 0 Å². The summed E-state index contributed by atoms with van der Waals surface area (Å²) in [4.78, 5) is 13.8. The van der Waals surface area contributed by atoms with Crippen LogP contribution in [0.2, 0.25) is 0 Å². The molecule has 0 unspecified atom stereocenters. The maximum absolute atomic E-state index is 11.6. The Morgan fingerprint density at radius 3 is 2.48 bits per heavy atom. The van der Waals surface area contributed by atoms with E-state index in [-0.39, 0.29) is 18.5 Å². The van der Waals surface area contributed by atoms with Crippen LogP contribution in [0.25, 0.3) is 0 Å². The highest BCUT2D eigenvalue weighted by molar-refractivity contribution is 5.72. The highest BCUT2D eigenvalue weighted by atomic mass is 16.5. The Balaban J connectivity index is 1.30. The Morgan fingerprint density at radius 1 is 1.10 bits per heavy atom. The molecule has 2 aromatic rings. The van der Waals surface area contributed by atoms with Crippen LogP contribution in [0.5, 0.6) is 5.75 Å². The minimum absolute atomic E-state index is 0.0130. The number of ether oxygens (including phenoxy) is 2. The van der Waals surface area contributed by atoms with Crippen molar-refractivity contribution in [3.8, 4) is 5.75 Å². The molecule has 1 atom stereocenters. The molecule has 1 aliphatic rings. The van der Waals surface area contributed by atoms with Gasteiger partial charge in [0, 0.05) is 13.1 Å². The van der Waals surface area contributed by atoms with Crippen LogP contribution in [0.1, 0.15) is 24.0 Å². The fourth-order valence-electron chi connectivity index (χ4n) is 3.87. The van der Waals surface area contributed by atoms with Crippen LogP contribution in [0.15, 0.2) is 54.6 Å². The molecule has 0 radical (unpaired) electrons. The van der Waals surface area contributed by atoms with Crippen LogP contribution >= 0.6 is 0 Å². The number of carbonyl (C=O) groups is 1. The molecule has 1 saturated heterocycles. The number of aliphatic hydroxyl groups is 1. The topological polar surface area (TPSA) is 71.0 Å². The average molecular weight is 427 g/mol. The summed E-state index contributed by atoms with van der Waals surface area (Å²) in [5.74, 6) is 0.621. The third kappa shape index (κ3) is 7.98. The minimum Gasteiger partial charge on any atom is -0.491 e. The number of benzene rings is 2. The van der Waals surface area contributed by atoms with Gasteiger partial charge in [0.05, 0.1) is 13.0 Å². The van der Waals surface area contributed by atoms with Crippen molar-refractivity contribution in [2.45, 2.75) is 31.9 Å². The molecule has 0 spiro atoms. The van der Waals surface area contributed by atoms with Gasteiger partial charge in [-0.2, -0.15) is 0 Å². The molecule has 0 saturated carbocycles. The van der Waals surface area contributed by atoms with Crippen LogP contribution in [0.3, 0.4) is 0 Å². The van der Waals surface area contributed by atoms with E-state index in [1.807, 2.05) is 18.2 Å². The third-order valence-electron chi connectivity index (χ3n) is 5.72. The van der Waals surface area contributed by atoms with E-state index in [0.717, 1.165) is 51.2 Å². The zero-order valence-electron chi connectivity index (χ0n) is 18.3. The Labute approximate surface area is 185 Å². The summed E-state index contributed by atoms with van der Waals surface area (Å²) in [5, 5.41) is 13.8. The van der Waals surface area contributed by atoms with Gasteiger partial charge in [-0.1, -0.05) is 42.5 Å². The molecule has 1 aliphatic heterocycles. The van der Waals surface area contributed by atoms with Gasteiger partial charge in [-0.05, 0) is 62.2 Å². The zero-order chi connectivity index (χ0) is 21.9.